The molecule has 90 valence electrons. The molecule has 2 aromatic carbocycles. The number of fused-ring (bicyclic) bond motifs is 1. The number of hydrogen-bond donors (Lipinski definition) is 0. The van der Waals surface area contributed by atoms with Crippen LogP contribution in [0.5, 0.6) is 0 Å². The number of allylic oxidation sites excluding steroid dienone is 1. The highest BCUT2D eigenvalue weighted by Crippen LogP contribution is 2.35. The molecule has 0 radical (unpaired) electrons. The van der Waals surface area contributed by atoms with Crippen molar-refractivity contribution in [3.63, 3.8) is 0 Å². The van der Waals surface area contributed by atoms with Gasteiger partial charge in [-0.25, -0.2) is 0 Å². The molecule has 0 bridgehead atoms. The normalized spacial score (nSPS) is 13.3. The van der Waals surface area contributed by atoms with E-state index in [-0.39, 0.29) is 0 Å². The SMILES string of the molecule is CCC1=Cc2c(cccc2-c2ccc(Br)cc2)C1. The summed E-state index contributed by atoms with van der Waals surface area (Å²) >= 11 is 3.49. The molecular formula is C17H15Br. The Hall–Kier alpha value is -1.34. The molecule has 0 spiro atoms. The standard InChI is InChI=1S/C17H15Br/c1-2-12-10-14-4-3-5-16(17(14)11-12)13-6-8-15(18)9-7-13/h3-9,11H,2,10H2,1H3. The fourth-order valence-corrected chi connectivity index (χ4v) is 2.81. The zero-order chi connectivity index (χ0) is 12.5. The monoisotopic (exact) mass is 298 g/mol. The Labute approximate surface area is 116 Å². The van der Waals surface area contributed by atoms with Gasteiger partial charge in [0.2, 0.25) is 0 Å². The maximum Gasteiger partial charge on any atom is 0.0175 e. The van der Waals surface area contributed by atoms with Crippen LogP contribution in [0.3, 0.4) is 0 Å². The van der Waals surface area contributed by atoms with Crippen LogP contribution in [0.2, 0.25) is 0 Å². The van der Waals surface area contributed by atoms with Crippen molar-refractivity contribution in [2.75, 3.05) is 0 Å². The largest absolute Gasteiger partial charge is 0.0655 e. The second kappa shape index (κ2) is 4.74. The summed E-state index contributed by atoms with van der Waals surface area (Å²) in [6.07, 6.45) is 4.64. The topological polar surface area (TPSA) is 0 Å². The highest BCUT2D eigenvalue weighted by atomic mass is 79.9. The van der Waals surface area contributed by atoms with E-state index >= 15 is 0 Å². The lowest BCUT2D eigenvalue weighted by Gasteiger charge is -2.07. The Morgan fingerprint density at radius 2 is 1.83 bits per heavy atom. The van der Waals surface area contributed by atoms with Crippen molar-refractivity contribution in [1.82, 2.24) is 0 Å². The minimum Gasteiger partial charge on any atom is -0.0655 e. The summed E-state index contributed by atoms with van der Waals surface area (Å²) in [4.78, 5) is 0. The van der Waals surface area contributed by atoms with E-state index in [1.165, 1.54) is 27.8 Å². The summed E-state index contributed by atoms with van der Waals surface area (Å²) < 4.78 is 1.13. The van der Waals surface area contributed by atoms with E-state index in [2.05, 4.69) is 71.4 Å². The molecule has 0 N–H and O–H groups in total. The number of rotatable bonds is 2. The third-order valence-corrected chi connectivity index (χ3v) is 4.10. The third-order valence-electron chi connectivity index (χ3n) is 3.57. The molecule has 3 rings (SSSR count). The predicted octanol–water partition coefficient (Wildman–Crippen LogP) is 5.47. The molecule has 1 heteroatoms. The Balaban J connectivity index is 2.12. The quantitative estimate of drug-likeness (QED) is 0.690. The fourth-order valence-electron chi connectivity index (χ4n) is 2.55. The molecule has 0 aromatic heterocycles. The maximum atomic E-state index is 3.49. The van der Waals surface area contributed by atoms with Gasteiger partial charge < -0.3 is 0 Å². The number of benzene rings is 2. The van der Waals surface area contributed by atoms with Crippen molar-refractivity contribution in [2.24, 2.45) is 0 Å². The Bertz CT molecular complexity index is 606. The van der Waals surface area contributed by atoms with E-state index in [1.807, 2.05) is 0 Å². The Morgan fingerprint density at radius 3 is 2.56 bits per heavy atom. The van der Waals surface area contributed by atoms with Crippen LogP contribution in [0.25, 0.3) is 17.2 Å². The van der Waals surface area contributed by atoms with Gasteiger partial charge in [-0.1, -0.05) is 64.8 Å². The van der Waals surface area contributed by atoms with Crippen molar-refractivity contribution in [3.8, 4) is 11.1 Å². The van der Waals surface area contributed by atoms with Crippen molar-refractivity contribution in [2.45, 2.75) is 19.8 Å². The zero-order valence-electron chi connectivity index (χ0n) is 10.4. The molecule has 0 saturated carbocycles. The van der Waals surface area contributed by atoms with Crippen LogP contribution in [0.15, 0.2) is 52.5 Å². The van der Waals surface area contributed by atoms with Gasteiger partial charge >= 0.3 is 0 Å². The van der Waals surface area contributed by atoms with E-state index in [0.29, 0.717) is 0 Å². The molecule has 0 heterocycles. The smallest absolute Gasteiger partial charge is 0.0175 e. The summed E-state index contributed by atoms with van der Waals surface area (Å²) in [6.45, 7) is 2.23. The van der Waals surface area contributed by atoms with Crippen molar-refractivity contribution >= 4 is 22.0 Å². The van der Waals surface area contributed by atoms with Crippen LogP contribution in [0.4, 0.5) is 0 Å². The molecule has 1 aliphatic carbocycles. The van der Waals surface area contributed by atoms with Crippen LogP contribution < -0.4 is 0 Å². The third kappa shape index (κ3) is 2.04. The van der Waals surface area contributed by atoms with Gasteiger partial charge in [-0.15, -0.1) is 0 Å². The van der Waals surface area contributed by atoms with Crippen LogP contribution in [-0.4, -0.2) is 0 Å². The molecule has 0 amide bonds. The molecule has 0 unspecified atom stereocenters. The van der Waals surface area contributed by atoms with Gasteiger partial charge in [-0.2, -0.15) is 0 Å². The summed E-state index contributed by atoms with van der Waals surface area (Å²) in [5.41, 5.74) is 7.06. The van der Waals surface area contributed by atoms with E-state index in [0.717, 1.165) is 17.3 Å². The fraction of sp³-hybridized carbons (Fsp3) is 0.176. The lowest BCUT2D eigenvalue weighted by atomic mass is 9.97. The van der Waals surface area contributed by atoms with Crippen molar-refractivity contribution < 1.29 is 0 Å². The van der Waals surface area contributed by atoms with Gasteiger partial charge in [0, 0.05) is 4.47 Å². The number of hydrogen-bond acceptors (Lipinski definition) is 0. The zero-order valence-corrected chi connectivity index (χ0v) is 12.0. The van der Waals surface area contributed by atoms with E-state index in [9.17, 15) is 0 Å². The number of halogens is 1. The highest BCUT2D eigenvalue weighted by molar-refractivity contribution is 9.10. The second-order valence-corrected chi connectivity index (χ2v) is 5.63. The average Bonchev–Trinajstić information content (AvgIpc) is 2.82. The first-order valence-corrected chi connectivity index (χ1v) is 7.14. The summed E-state index contributed by atoms with van der Waals surface area (Å²) in [5.74, 6) is 0. The summed E-state index contributed by atoms with van der Waals surface area (Å²) in [6, 6.07) is 15.2. The minimum atomic E-state index is 1.12. The van der Waals surface area contributed by atoms with Gasteiger partial charge in [-0.05, 0) is 47.2 Å². The lowest BCUT2D eigenvalue weighted by Crippen LogP contribution is -1.87. The van der Waals surface area contributed by atoms with E-state index in [4.69, 9.17) is 0 Å². The molecule has 0 aliphatic heterocycles. The van der Waals surface area contributed by atoms with Crippen LogP contribution >= 0.6 is 15.9 Å². The first kappa shape index (κ1) is 11.7. The van der Waals surface area contributed by atoms with Crippen LogP contribution in [0, 0.1) is 0 Å². The summed E-state index contributed by atoms with van der Waals surface area (Å²) in [7, 11) is 0. The van der Waals surface area contributed by atoms with Crippen molar-refractivity contribution in [3.05, 3.63) is 63.6 Å². The highest BCUT2D eigenvalue weighted by Gasteiger charge is 2.15. The molecule has 1 aliphatic rings. The molecule has 0 nitrogen and oxygen atoms in total. The minimum absolute atomic E-state index is 1.12. The van der Waals surface area contributed by atoms with Gasteiger partial charge in [0.15, 0.2) is 0 Å². The molecule has 2 aromatic rings. The molecule has 0 atom stereocenters. The molecule has 18 heavy (non-hydrogen) atoms. The van der Waals surface area contributed by atoms with Crippen LogP contribution in [-0.2, 0) is 6.42 Å². The first-order chi connectivity index (χ1) is 8.78. The summed E-state index contributed by atoms with van der Waals surface area (Å²) in [5, 5.41) is 0. The van der Waals surface area contributed by atoms with Gasteiger partial charge in [0.25, 0.3) is 0 Å². The molecule has 0 saturated heterocycles. The lowest BCUT2D eigenvalue weighted by molar-refractivity contribution is 1.04. The van der Waals surface area contributed by atoms with E-state index in [1.54, 1.807) is 0 Å². The van der Waals surface area contributed by atoms with Gasteiger partial charge in [0.05, 0.1) is 0 Å². The van der Waals surface area contributed by atoms with Gasteiger partial charge in [-0.3, -0.25) is 0 Å². The second-order valence-electron chi connectivity index (χ2n) is 4.72. The van der Waals surface area contributed by atoms with Crippen molar-refractivity contribution in [1.29, 1.82) is 0 Å². The first-order valence-electron chi connectivity index (χ1n) is 6.35. The molecular weight excluding hydrogens is 284 g/mol. The predicted molar refractivity (Wildman–Crippen MR) is 81.6 cm³/mol. The van der Waals surface area contributed by atoms with Gasteiger partial charge in [0.1, 0.15) is 0 Å². The average molecular weight is 299 g/mol. The Morgan fingerprint density at radius 1 is 1.06 bits per heavy atom. The Kier molecular flexibility index (Phi) is 3.09. The van der Waals surface area contributed by atoms with Crippen LogP contribution in [0.1, 0.15) is 24.5 Å². The van der Waals surface area contributed by atoms with E-state index < -0.39 is 0 Å². The molecule has 0 fully saturated rings. The maximum absolute atomic E-state index is 3.49.